The van der Waals surface area contributed by atoms with Crippen molar-refractivity contribution in [1.29, 1.82) is 5.26 Å². The second-order valence-electron chi connectivity index (χ2n) is 8.75. The lowest BCUT2D eigenvalue weighted by atomic mass is 9.92. The Labute approximate surface area is 197 Å². The van der Waals surface area contributed by atoms with Gasteiger partial charge < -0.3 is 10.6 Å². The molecule has 0 aliphatic carbocycles. The second-order valence-corrected chi connectivity index (χ2v) is 9.84. The van der Waals surface area contributed by atoms with E-state index in [9.17, 15) is 10.1 Å². The van der Waals surface area contributed by atoms with Gasteiger partial charge in [-0.05, 0) is 77.7 Å². The van der Waals surface area contributed by atoms with Gasteiger partial charge in [0.25, 0.3) is 5.91 Å². The first kappa shape index (κ1) is 21.4. The molecule has 164 valence electrons. The maximum atomic E-state index is 13.2. The van der Waals surface area contributed by atoms with Crippen LogP contribution in [-0.4, -0.2) is 29.9 Å². The summed E-state index contributed by atoms with van der Waals surface area (Å²) in [4.78, 5) is 15.8. The van der Waals surface area contributed by atoms with Crippen molar-refractivity contribution in [3.8, 4) is 28.3 Å². The molecule has 1 atom stereocenters. The van der Waals surface area contributed by atoms with Crippen molar-refractivity contribution in [2.75, 3.05) is 13.1 Å². The quantitative estimate of drug-likeness (QED) is 0.417. The number of likely N-dealkylation sites (tertiary alicyclic amines) is 1. The van der Waals surface area contributed by atoms with Crippen molar-refractivity contribution in [2.45, 2.75) is 25.8 Å². The molecule has 4 nitrogen and oxygen atoms in total. The van der Waals surface area contributed by atoms with E-state index in [4.69, 9.17) is 5.73 Å². The van der Waals surface area contributed by atoms with Crippen LogP contribution in [0.4, 0.5) is 0 Å². The van der Waals surface area contributed by atoms with E-state index in [1.54, 1.807) is 11.3 Å². The van der Waals surface area contributed by atoms with Crippen molar-refractivity contribution in [1.82, 2.24) is 4.90 Å². The minimum absolute atomic E-state index is 0.0632. The Bertz CT molecular complexity index is 1360. The van der Waals surface area contributed by atoms with Gasteiger partial charge in [-0.25, -0.2) is 0 Å². The topological polar surface area (TPSA) is 70.1 Å². The number of aryl methyl sites for hydroxylation is 1. The van der Waals surface area contributed by atoms with E-state index in [0.29, 0.717) is 12.1 Å². The summed E-state index contributed by atoms with van der Waals surface area (Å²) in [5, 5.41) is 10.2. The lowest BCUT2D eigenvalue weighted by Crippen LogP contribution is -2.45. The van der Waals surface area contributed by atoms with Crippen LogP contribution in [0.3, 0.4) is 0 Å². The summed E-state index contributed by atoms with van der Waals surface area (Å²) in [6, 6.07) is 24.8. The van der Waals surface area contributed by atoms with Gasteiger partial charge in [-0.15, -0.1) is 11.3 Å². The van der Waals surface area contributed by atoms with Crippen LogP contribution in [0.25, 0.3) is 32.3 Å². The molecule has 1 amide bonds. The summed E-state index contributed by atoms with van der Waals surface area (Å²) in [7, 11) is 0. The molecule has 3 aromatic carbocycles. The first-order chi connectivity index (χ1) is 16.0. The fourth-order valence-corrected chi connectivity index (χ4v) is 5.53. The summed E-state index contributed by atoms with van der Waals surface area (Å²) in [5.41, 5.74) is 12.3. The fourth-order valence-electron chi connectivity index (χ4n) is 4.48. The molecule has 0 saturated carbocycles. The van der Waals surface area contributed by atoms with Crippen molar-refractivity contribution in [3.05, 3.63) is 82.7 Å². The number of amides is 1. The zero-order valence-corrected chi connectivity index (χ0v) is 19.4. The smallest absolute Gasteiger partial charge is 0.264 e. The number of thiophene rings is 1. The SMILES string of the molecule is Cc1ccc(-c2cc3sc(C(=O)N4CCCC(N)C4)cc3cc2-c2ccc(C#N)cc2)cc1. The lowest BCUT2D eigenvalue weighted by Gasteiger charge is -2.30. The van der Waals surface area contributed by atoms with Crippen LogP contribution in [0.15, 0.2) is 66.7 Å². The highest BCUT2D eigenvalue weighted by molar-refractivity contribution is 7.20. The van der Waals surface area contributed by atoms with Gasteiger partial charge >= 0.3 is 0 Å². The number of rotatable bonds is 3. The highest BCUT2D eigenvalue weighted by Crippen LogP contribution is 2.39. The third-order valence-corrected chi connectivity index (χ3v) is 7.39. The largest absolute Gasteiger partial charge is 0.336 e. The Morgan fingerprint density at radius 1 is 1.03 bits per heavy atom. The van der Waals surface area contributed by atoms with Gasteiger partial charge in [-0.2, -0.15) is 5.26 Å². The van der Waals surface area contributed by atoms with Crippen molar-refractivity contribution in [2.24, 2.45) is 5.73 Å². The van der Waals surface area contributed by atoms with Crippen LogP contribution in [0.1, 0.15) is 33.6 Å². The molecule has 1 aliphatic heterocycles. The highest BCUT2D eigenvalue weighted by atomic mass is 32.1. The number of carbonyl (C=O) groups is 1. The maximum Gasteiger partial charge on any atom is 0.264 e. The number of nitriles is 1. The van der Waals surface area contributed by atoms with E-state index in [2.05, 4.69) is 49.4 Å². The van der Waals surface area contributed by atoms with E-state index in [1.165, 1.54) is 5.56 Å². The number of fused-ring (bicyclic) bond motifs is 1. The predicted molar refractivity (Wildman–Crippen MR) is 135 cm³/mol. The third kappa shape index (κ3) is 4.28. The Balaban J connectivity index is 1.62. The van der Waals surface area contributed by atoms with Gasteiger partial charge in [0.2, 0.25) is 0 Å². The maximum absolute atomic E-state index is 13.2. The minimum Gasteiger partial charge on any atom is -0.336 e. The number of nitrogens with two attached hydrogens (primary N) is 1. The van der Waals surface area contributed by atoms with Crippen LogP contribution in [0.2, 0.25) is 0 Å². The van der Waals surface area contributed by atoms with Gasteiger partial charge in [-0.1, -0.05) is 42.0 Å². The molecule has 2 heterocycles. The van der Waals surface area contributed by atoms with Crippen molar-refractivity contribution in [3.63, 3.8) is 0 Å². The van der Waals surface area contributed by atoms with Crippen LogP contribution >= 0.6 is 11.3 Å². The Hall–Kier alpha value is -3.46. The van der Waals surface area contributed by atoms with Gasteiger partial charge in [-0.3, -0.25) is 4.79 Å². The van der Waals surface area contributed by atoms with E-state index in [-0.39, 0.29) is 11.9 Å². The van der Waals surface area contributed by atoms with Gasteiger partial charge in [0.15, 0.2) is 0 Å². The zero-order valence-electron chi connectivity index (χ0n) is 18.5. The summed E-state index contributed by atoms with van der Waals surface area (Å²) in [6.45, 7) is 3.47. The van der Waals surface area contributed by atoms with Gasteiger partial charge in [0.1, 0.15) is 0 Å². The van der Waals surface area contributed by atoms with Crippen molar-refractivity contribution >= 4 is 27.3 Å². The minimum atomic E-state index is 0.0632. The van der Waals surface area contributed by atoms with Gasteiger partial charge in [0, 0.05) is 23.8 Å². The molecule has 2 N–H and O–H groups in total. The number of carbonyl (C=O) groups excluding carboxylic acids is 1. The fraction of sp³-hybridized carbons (Fsp3) is 0.214. The molecule has 33 heavy (non-hydrogen) atoms. The van der Waals surface area contributed by atoms with Crippen LogP contribution in [0.5, 0.6) is 0 Å². The molecule has 4 aromatic rings. The van der Waals surface area contributed by atoms with E-state index < -0.39 is 0 Å². The number of hydrogen-bond donors (Lipinski definition) is 1. The number of piperidine rings is 1. The molecular weight excluding hydrogens is 426 g/mol. The lowest BCUT2D eigenvalue weighted by molar-refractivity contribution is 0.0714. The van der Waals surface area contributed by atoms with E-state index in [1.807, 2.05) is 35.2 Å². The molecule has 5 heteroatoms. The number of hydrogen-bond acceptors (Lipinski definition) is 4. The molecule has 1 saturated heterocycles. The molecule has 1 aliphatic rings. The Kier molecular flexibility index (Phi) is 5.72. The standard InChI is InChI=1S/C28H25N3OS/c1-18-4-8-20(9-5-18)25-15-26-22(13-24(25)21-10-6-19(16-29)7-11-21)14-27(33-26)28(32)31-12-2-3-23(30)17-31/h4-11,13-15,23H,2-3,12,17,30H2,1H3. The van der Waals surface area contributed by atoms with E-state index >= 15 is 0 Å². The summed E-state index contributed by atoms with van der Waals surface area (Å²) in [6.07, 6.45) is 1.93. The summed E-state index contributed by atoms with van der Waals surface area (Å²) in [5.74, 6) is 0.0724. The summed E-state index contributed by atoms with van der Waals surface area (Å²) >= 11 is 1.55. The normalized spacial score (nSPS) is 16.0. The molecular formula is C28H25N3OS. The average molecular weight is 452 g/mol. The third-order valence-electron chi connectivity index (χ3n) is 6.30. The first-order valence-corrected chi connectivity index (χ1v) is 12.0. The Morgan fingerprint density at radius 2 is 1.70 bits per heavy atom. The molecule has 0 bridgehead atoms. The van der Waals surface area contributed by atoms with Gasteiger partial charge in [0.05, 0.1) is 16.5 Å². The average Bonchev–Trinajstić information content (AvgIpc) is 3.26. The number of nitrogens with zero attached hydrogens (tertiary/aromatic N) is 2. The first-order valence-electron chi connectivity index (χ1n) is 11.2. The number of benzene rings is 3. The second kappa shape index (κ2) is 8.82. The van der Waals surface area contributed by atoms with Crippen molar-refractivity contribution < 1.29 is 4.79 Å². The summed E-state index contributed by atoms with van der Waals surface area (Å²) < 4.78 is 1.09. The Morgan fingerprint density at radius 3 is 2.36 bits per heavy atom. The predicted octanol–water partition coefficient (Wildman–Crippen LogP) is 5.98. The van der Waals surface area contributed by atoms with Crippen LogP contribution < -0.4 is 5.73 Å². The molecule has 5 rings (SSSR count). The highest BCUT2D eigenvalue weighted by Gasteiger charge is 2.24. The van der Waals surface area contributed by atoms with Crippen LogP contribution in [0, 0.1) is 18.3 Å². The molecule has 0 radical (unpaired) electrons. The molecule has 1 fully saturated rings. The molecule has 0 spiro atoms. The van der Waals surface area contributed by atoms with Crippen LogP contribution in [-0.2, 0) is 0 Å². The monoisotopic (exact) mass is 451 g/mol. The molecule has 1 aromatic heterocycles. The zero-order chi connectivity index (χ0) is 22.9. The molecule has 1 unspecified atom stereocenters. The van der Waals surface area contributed by atoms with E-state index in [0.717, 1.165) is 56.6 Å².